The molecule has 3 nitrogen and oxygen atoms in total. The lowest BCUT2D eigenvalue weighted by atomic mass is 10.2. The monoisotopic (exact) mass is 223 g/mol. The van der Waals surface area contributed by atoms with E-state index in [1.54, 1.807) is 6.07 Å². The van der Waals surface area contributed by atoms with Crippen molar-refractivity contribution < 1.29 is 4.39 Å². The Hall–Kier alpha value is -1.58. The number of guanidine groups is 1. The lowest BCUT2D eigenvalue weighted by Gasteiger charge is -2.08. The third-order valence-electron chi connectivity index (χ3n) is 2.00. The molecule has 88 valence electrons. The molecular formula is C12H18FN3. The van der Waals surface area contributed by atoms with E-state index in [4.69, 9.17) is 0 Å². The Bertz CT molecular complexity index is 342. The molecule has 1 aromatic rings. The molecule has 0 radical (unpaired) electrons. The molecule has 0 amide bonds. The van der Waals surface area contributed by atoms with Crippen molar-refractivity contribution in [3.05, 3.63) is 35.6 Å². The molecule has 2 N–H and O–H groups in total. The van der Waals surface area contributed by atoms with E-state index in [0.29, 0.717) is 6.54 Å². The summed E-state index contributed by atoms with van der Waals surface area (Å²) >= 11 is 0. The Kier molecular flexibility index (Phi) is 5.32. The smallest absolute Gasteiger partial charge is 0.191 e. The van der Waals surface area contributed by atoms with Crippen LogP contribution < -0.4 is 10.6 Å². The Morgan fingerprint density at radius 2 is 1.94 bits per heavy atom. The van der Waals surface area contributed by atoms with Gasteiger partial charge in [-0.1, -0.05) is 12.1 Å². The molecule has 4 heteroatoms. The Labute approximate surface area is 95.8 Å². The molecule has 0 unspecified atom stereocenters. The summed E-state index contributed by atoms with van der Waals surface area (Å²) in [6.07, 6.45) is 0. The molecule has 0 aliphatic heterocycles. The summed E-state index contributed by atoms with van der Waals surface area (Å²) < 4.78 is 12.9. The number of benzene rings is 1. The van der Waals surface area contributed by atoms with Gasteiger partial charge in [-0.05, 0) is 31.5 Å². The predicted molar refractivity (Wildman–Crippen MR) is 64.9 cm³/mol. The maximum Gasteiger partial charge on any atom is 0.191 e. The summed E-state index contributed by atoms with van der Waals surface area (Å²) in [6, 6.07) is 6.49. The van der Waals surface area contributed by atoms with Crippen LogP contribution in [0.15, 0.2) is 29.3 Å². The van der Waals surface area contributed by atoms with Crippen LogP contribution in [0.3, 0.4) is 0 Å². The largest absolute Gasteiger partial charge is 0.357 e. The van der Waals surface area contributed by atoms with Crippen molar-refractivity contribution in [3.63, 3.8) is 0 Å². The van der Waals surface area contributed by atoms with E-state index in [1.807, 2.05) is 19.9 Å². The second-order valence-electron chi connectivity index (χ2n) is 3.36. The van der Waals surface area contributed by atoms with Gasteiger partial charge in [-0.25, -0.2) is 9.38 Å². The van der Waals surface area contributed by atoms with E-state index in [-0.39, 0.29) is 5.82 Å². The van der Waals surface area contributed by atoms with Gasteiger partial charge in [-0.2, -0.15) is 0 Å². The molecule has 0 heterocycles. The van der Waals surface area contributed by atoms with Gasteiger partial charge in [0.1, 0.15) is 5.82 Å². The van der Waals surface area contributed by atoms with Crippen LogP contribution in [0.1, 0.15) is 19.4 Å². The van der Waals surface area contributed by atoms with Crippen molar-refractivity contribution in [2.24, 2.45) is 4.99 Å². The fourth-order valence-corrected chi connectivity index (χ4v) is 1.31. The molecule has 1 aromatic carbocycles. The minimum atomic E-state index is -0.221. The van der Waals surface area contributed by atoms with E-state index in [2.05, 4.69) is 15.6 Å². The fourth-order valence-electron chi connectivity index (χ4n) is 1.31. The summed E-state index contributed by atoms with van der Waals surface area (Å²) in [5.74, 6) is 0.537. The van der Waals surface area contributed by atoms with Gasteiger partial charge in [0.15, 0.2) is 5.96 Å². The highest BCUT2D eigenvalue weighted by Crippen LogP contribution is 2.04. The van der Waals surface area contributed by atoms with Crippen molar-refractivity contribution in [1.29, 1.82) is 0 Å². The van der Waals surface area contributed by atoms with Crippen LogP contribution in [0, 0.1) is 5.82 Å². The molecule has 0 aliphatic carbocycles. The van der Waals surface area contributed by atoms with Crippen molar-refractivity contribution in [2.45, 2.75) is 20.4 Å². The molecule has 0 atom stereocenters. The summed E-state index contributed by atoms with van der Waals surface area (Å²) in [4.78, 5) is 4.34. The lowest BCUT2D eigenvalue weighted by Crippen LogP contribution is -2.36. The van der Waals surface area contributed by atoms with Gasteiger partial charge < -0.3 is 10.6 Å². The van der Waals surface area contributed by atoms with Crippen LogP contribution in [0.5, 0.6) is 0 Å². The topological polar surface area (TPSA) is 36.4 Å². The zero-order chi connectivity index (χ0) is 11.8. The molecule has 0 aliphatic rings. The zero-order valence-electron chi connectivity index (χ0n) is 9.76. The summed E-state index contributed by atoms with van der Waals surface area (Å²) in [6.45, 7) is 6.13. The van der Waals surface area contributed by atoms with Crippen LogP contribution in [0.25, 0.3) is 0 Å². The van der Waals surface area contributed by atoms with E-state index < -0.39 is 0 Å². The van der Waals surface area contributed by atoms with Gasteiger partial charge in [0.05, 0.1) is 6.54 Å². The normalized spacial score (nSPS) is 9.69. The summed E-state index contributed by atoms with van der Waals surface area (Å²) in [5, 5.41) is 6.23. The van der Waals surface area contributed by atoms with Crippen molar-refractivity contribution >= 4 is 5.96 Å². The van der Waals surface area contributed by atoms with E-state index in [0.717, 1.165) is 24.6 Å². The highest BCUT2D eigenvalue weighted by atomic mass is 19.1. The first-order valence-corrected chi connectivity index (χ1v) is 5.53. The number of aliphatic imine (C=N–C) groups is 1. The molecule has 0 bridgehead atoms. The minimum absolute atomic E-state index is 0.221. The molecule has 0 saturated heterocycles. The third-order valence-corrected chi connectivity index (χ3v) is 2.00. The SMILES string of the molecule is CCNC(=NCc1cccc(F)c1)NCC. The van der Waals surface area contributed by atoms with Crippen LogP contribution in [0.2, 0.25) is 0 Å². The third kappa shape index (κ3) is 4.29. The van der Waals surface area contributed by atoms with Crippen molar-refractivity contribution in [3.8, 4) is 0 Å². The Balaban J connectivity index is 2.61. The van der Waals surface area contributed by atoms with Crippen LogP contribution >= 0.6 is 0 Å². The van der Waals surface area contributed by atoms with E-state index in [9.17, 15) is 4.39 Å². The second kappa shape index (κ2) is 6.82. The number of rotatable bonds is 4. The van der Waals surface area contributed by atoms with E-state index >= 15 is 0 Å². The standard InChI is InChI=1S/C12H18FN3/c1-3-14-12(15-4-2)16-9-10-6-5-7-11(13)8-10/h5-8H,3-4,9H2,1-2H3,(H2,14,15,16). The van der Waals surface area contributed by atoms with Crippen LogP contribution in [-0.4, -0.2) is 19.0 Å². The molecule has 16 heavy (non-hydrogen) atoms. The number of halogens is 1. The highest BCUT2D eigenvalue weighted by molar-refractivity contribution is 5.79. The van der Waals surface area contributed by atoms with Gasteiger partial charge in [-0.15, -0.1) is 0 Å². The lowest BCUT2D eigenvalue weighted by molar-refractivity contribution is 0.625. The van der Waals surface area contributed by atoms with Crippen LogP contribution in [0.4, 0.5) is 4.39 Å². The highest BCUT2D eigenvalue weighted by Gasteiger charge is 1.96. The number of hydrogen-bond acceptors (Lipinski definition) is 1. The first kappa shape index (κ1) is 12.5. The van der Waals surface area contributed by atoms with Crippen molar-refractivity contribution in [1.82, 2.24) is 10.6 Å². The summed E-state index contributed by atoms with van der Waals surface area (Å²) in [5.41, 5.74) is 0.869. The van der Waals surface area contributed by atoms with Gasteiger partial charge in [0.25, 0.3) is 0 Å². The molecular weight excluding hydrogens is 205 g/mol. The maximum absolute atomic E-state index is 12.9. The molecule has 0 saturated carbocycles. The summed E-state index contributed by atoms with van der Waals surface area (Å²) in [7, 11) is 0. The quantitative estimate of drug-likeness (QED) is 0.604. The molecule has 0 spiro atoms. The fraction of sp³-hybridized carbons (Fsp3) is 0.417. The zero-order valence-corrected chi connectivity index (χ0v) is 9.76. The predicted octanol–water partition coefficient (Wildman–Crippen LogP) is 1.90. The second-order valence-corrected chi connectivity index (χ2v) is 3.36. The van der Waals surface area contributed by atoms with Gasteiger partial charge in [0.2, 0.25) is 0 Å². The number of nitrogens with one attached hydrogen (secondary N) is 2. The van der Waals surface area contributed by atoms with Gasteiger partial charge >= 0.3 is 0 Å². The number of nitrogens with zero attached hydrogens (tertiary/aromatic N) is 1. The van der Waals surface area contributed by atoms with E-state index in [1.165, 1.54) is 12.1 Å². The average Bonchev–Trinajstić information content (AvgIpc) is 2.27. The first-order chi connectivity index (χ1) is 7.76. The molecule has 0 fully saturated rings. The maximum atomic E-state index is 12.9. The Morgan fingerprint density at radius 3 is 2.50 bits per heavy atom. The van der Waals surface area contributed by atoms with Gasteiger partial charge in [0, 0.05) is 13.1 Å². The number of hydrogen-bond donors (Lipinski definition) is 2. The first-order valence-electron chi connectivity index (χ1n) is 5.53. The molecule has 1 rings (SSSR count). The Morgan fingerprint density at radius 1 is 1.25 bits per heavy atom. The minimum Gasteiger partial charge on any atom is -0.357 e. The van der Waals surface area contributed by atoms with Crippen LogP contribution in [-0.2, 0) is 6.54 Å². The van der Waals surface area contributed by atoms with Gasteiger partial charge in [-0.3, -0.25) is 0 Å². The molecule has 0 aromatic heterocycles. The van der Waals surface area contributed by atoms with Crippen molar-refractivity contribution in [2.75, 3.05) is 13.1 Å². The average molecular weight is 223 g/mol.